The van der Waals surface area contributed by atoms with Crippen LogP contribution in [-0.4, -0.2) is 42.0 Å². The van der Waals surface area contributed by atoms with Gasteiger partial charge in [-0.25, -0.2) is 0 Å². The highest BCUT2D eigenvalue weighted by atomic mass is 19.2. The van der Waals surface area contributed by atoms with Crippen molar-refractivity contribution in [2.75, 3.05) is 0 Å². The molecular weight excluding hydrogens is 397 g/mol. The van der Waals surface area contributed by atoms with E-state index in [1.807, 2.05) is 50.3 Å². The molecular formula is C22H21BF2N6. The third kappa shape index (κ3) is 2.72. The normalized spacial score (nSPS) is 17.1. The highest BCUT2D eigenvalue weighted by Crippen LogP contribution is 2.44. The predicted molar refractivity (Wildman–Crippen MR) is 116 cm³/mol. The Balaban J connectivity index is 1.74. The summed E-state index contributed by atoms with van der Waals surface area (Å²) < 4.78 is 33.8. The number of nitrogens with zero attached hydrogens (tertiary/aromatic N) is 6. The Labute approximate surface area is 178 Å². The van der Waals surface area contributed by atoms with Crippen LogP contribution in [0.25, 0.3) is 17.0 Å². The molecule has 2 aliphatic rings. The quantitative estimate of drug-likeness (QED) is 0.589. The fourth-order valence-corrected chi connectivity index (χ4v) is 4.75. The van der Waals surface area contributed by atoms with Crippen LogP contribution in [0.5, 0.6) is 0 Å². The molecule has 2 aliphatic heterocycles. The molecule has 5 rings (SSSR count). The number of halogens is 2. The van der Waals surface area contributed by atoms with E-state index >= 15 is 8.63 Å². The second kappa shape index (κ2) is 6.50. The molecule has 4 heterocycles. The summed E-state index contributed by atoms with van der Waals surface area (Å²) in [4.78, 5) is 0. The van der Waals surface area contributed by atoms with E-state index in [1.54, 1.807) is 20.8 Å². The van der Waals surface area contributed by atoms with E-state index in [2.05, 4.69) is 20.4 Å². The topological polar surface area (TPSA) is 59.5 Å². The van der Waals surface area contributed by atoms with E-state index < -0.39 is 6.97 Å². The van der Waals surface area contributed by atoms with E-state index in [1.165, 1.54) is 8.96 Å². The molecule has 0 atom stereocenters. The van der Waals surface area contributed by atoms with Crippen LogP contribution in [0.15, 0.2) is 47.7 Å². The van der Waals surface area contributed by atoms with Crippen LogP contribution in [0, 0.1) is 20.8 Å². The zero-order valence-electron chi connectivity index (χ0n) is 18.0. The summed E-state index contributed by atoms with van der Waals surface area (Å²) in [6.45, 7) is 4.99. The van der Waals surface area contributed by atoms with Gasteiger partial charge in [0.05, 0.1) is 5.57 Å². The average Bonchev–Trinajstić information content (AvgIpc) is 3.19. The van der Waals surface area contributed by atoms with Gasteiger partial charge in [0.25, 0.3) is 0 Å². The first kappa shape index (κ1) is 19.5. The molecule has 0 amide bonds. The number of benzene rings is 1. The number of aromatic nitrogens is 5. The fraction of sp³-hybridized carbons (Fsp3) is 0.227. The van der Waals surface area contributed by atoms with Crippen molar-refractivity contribution in [1.82, 2.24) is 24.9 Å². The number of allylic oxidation sites excluding steroid dienone is 2. The summed E-state index contributed by atoms with van der Waals surface area (Å²) in [6.07, 6.45) is 1.83. The second-order valence-electron chi connectivity index (χ2n) is 8.19. The Morgan fingerprint density at radius 3 is 2.13 bits per heavy atom. The Hall–Kier alpha value is -3.49. The van der Waals surface area contributed by atoms with Crippen molar-refractivity contribution in [1.29, 1.82) is 0 Å². The van der Waals surface area contributed by atoms with E-state index in [4.69, 9.17) is 0 Å². The summed E-state index contributed by atoms with van der Waals surface area (Å²) in [5.41, 5.74) is 6.32. The number of rotatable bonds is 2. The van der Waals surface area contributed by atoms with E-state index in [-0.39, 0.29) is 0 Å². The van der Waals surface area contributed by atoms with Crippen molar-refractivity contribution in [2.45, 2.75) is 34.6 Å². The summed E-state index contributed by atoms with van der Waals surface area (Å²) in [6, 6.07) is 9.41. The van der Waals surface area contributed by atoms with Gasteiger partial charge in [-0.2, -0.15) is 0 Å². The zero-order valence-corrected chi connectivity index (χ0v) is 18.0. The highest BCUT2D eigenvalue weighted by molar-refractivity contribution is 6.58. The van der Waals surface area contributed by atoms with Crippen LogP contribution in [-0.2, 0) is 0 Å². The van der Waals surface area contributed by atoms with E-state index in [0.29, 0.717) is 34.4 Å². The molecule has 31 heavy (non-hydrogen) atoms. The highest BCUT2D eigenvalue weighted by Gasteiger charge is 2.55. The number of hydrogen-bond donors (Lipinski definition) is 0. The van der Waals surface area contributed by atoms with Crippen molar-refractivity contribution in [3.8, 4) is 11.4 Å². The summed E-state index contributed by atoms with van der Waals surface area (Å²) in [7, 11) is 0. The molecule has 0 saturated heterocycles. The molecule has 9 heteroatoms. The molecule has 3 aromatic rings. The Kier molecular flexibility index (Phi) is 4.09. The SMILES string of the molecule is CC1=CC(C)=[N+]2C1=C(c1ccc(-c3nnc(C)nn3)cc1)c1c(C)cc(C)n1[B-]2(F)F. The van der Waals surface area contributed by atoms with Crippen molar-refractivity contribution < 1.29 is 13.1 Å². The minimum Gasteiger partial charge on any atom is -0.393 e. The van der Waals surface area contributed by atoms with E-state index in [9.17, 15) is 0 Å². The molecule has 0 saturated carbocycles. The van der Waals surface area contributed by atoms with Crippen LogP contribution in [0.1, 0.15) is 42.2 Å². The lowest BCUT2D eigenvalue weighted by molar-refractivity contribution is -0.363. The van der Waals surface area contributed by atoms with Gasteiger partial charge in [0.2, 0.25) is 5.82 Å². The molecule has 6 nitrogen and oxygen atoms in total. The largest absolute Gasteiger partial charge is 0.737 e. The van der Waals surface area contributed by atoms with Gasteiger partial charge in [-0.1, -0.05) is 24.3 Å². The summed E-state index contributed by atoms with van der Waals surface area (Å²) in [5.74, 6) is 0.922. The van der Waals surface area contributed by atoms with Crippen LogP contribution in [0.3, 0.4) is 0 Å². The number of hydrogen-bond acceptors (Lipinski definition) is 4. The van der Waals surface area contributed by atoms with Gasteiger partial charge < -0.3 is 17.6 Å². The van der Waals surface area contributed by atoms with Crippen molar-refractivity contribution in [3.05, 3.63) is 76.0 Å². The Bertz CT molecular complexity index is 1330. The van der Waals surface area contributed by atoms with Gasteiger partial charge in [-0.15, -0.1) is 20.4 Å². The maximum absolute atomic E-state index is 15.7. The molecule has 0 unspecified atom stereocenters. The fourth-order valence-electron chi connectivity index (χ4n) is 4.75. The predicted octanol–water partition coefficient (Wildman–Crippen LogP) is 4.09. The van der Waals surface area contributed by atoms with Crippen LogP contribution >= 0.6 is 0 Å². The third-order valence-corrected chi connectivity index (χ3v) is 5.95. The van der Waals surface area contributed by atoms with Gasteiger partial charge in [0.15, 0.2) is 11.5 Å². The first-order valence-corrected chi connectivity index (χ1v) is 10.1. The summed E-state index contributed by atoms with van der Waals surface area (Å²) >= 11 is 0. The first-order valence-electron chi connectivity index (χ1n) is 10.1. The number of aryl methyl sites for hydroxylation is 3. The smallest absolute Gasteiger partial charge is 0.393 e. The maximum Gasteiger partial charge on any atom is 0.737 e. The zero-order chi connectivity index (χ0) is 22.1. The monoisotopic (exact) mass is 418 g/mol. The van der Waals surface area contributed by atoms with Crippen molar-refractivity contribution >= 4 is 18.3 Å². The van der Waals surface area contributed by atoms with Crippen LogP contribution in [0.2, 0.25) is 0 Å². The molecule has 0 radical (unpaired) electrons. The molecule has 156 valence electrons. The molecule has 0 bridgehead atoms. The molecule has 0 aliphatic carbocycles. The first-order chi connectivity index (χ1) is 14.7. The lowest BCUT2D eigenvalue weighted by Crippen LogP contribution is -2.51. The third-order valence-electron chi connectivity index (χ3n) is 5.95. The molecule has 0 spiro atoms. The van der Waals surface area contributed by atoms with E-state index in [0.717, 1.165) is 27.8 Å². The van der Waals surface area contributed by atoms with Gasteiger partial charge in [0, 0.05) is 29.8 Å². The minimum atomic E-state index is -3.98. The standard InChI is InChI=1S/C22H21BF2N6/c1-12-10-14(3)30-20(12)19(21-13(2)11-15(4)31(21)23(30,24)25)17-6-8-18(9-7-17)22-28-26-16(5)27-29-22/h6-11H,1-5H3. The van der Waals surface area contributed by atoms with Crippen LogP contribution in [0.4, 0.5) is 8.63 Å². The molecule has 1 aromatic carbocycles. The minimum absolute atomic E-state index is 0.423. The summed E-state index contributed by atoms with van der Waals surface area (Å²) in [5, 5.41) is 16.1. The van der Waals surface area contributed by atoms with Gasteiger partial charge in [-0.3, -0.25) is 0 Å². The Morgan fingerprint density at radius 2 is 1.48 bits per heavy atom. The second-order valence-corrected chi connectivity index (χ2v) is 8.19. The van der Waals surface area contributed by atoms with Crippen molar-refractivity contribution in [2.24, 2.45) is 0 Å². The molecule has 0 fully saturated rings. The van der Waals surface area contributed by atoms with Crippen molar-refractivity contribution in [3.63, 3.8) is 0 Å². The van der Waals surface area contributed by atoms with Gasteiger partial charge >= 0.3 is 6.97 Å². The Morgan fingerprint density at radius 1 is 0.871 bits per heavy atom. The molecule has 0 N–H and O–H groups in total. The average molecular weight is 418 g/mol. The lowest BCUT2D eigenvalue weighted by atomic mass is 9.83. The maximum atomic E-state index is 15.7. The molecule has 2 aromatic heterocycles. The van der Waals surface area contributed by atoms with Gasteiger partial charge in [-0.05, 0) is 50.6 Å². The van der Waals surface area contributed by atoms with Gasteiger partial charge in [0.1, 0.15) is 5.71 Å². The van der Waals surface area contributed by atoms with Crippen LogP contribution < -0.4 is 0 Å². The lowest BCUT2D eigenvalue weighted by Gasteiger charge is -2.34. The number of fused-ring (bicyclic) bond motifs is 2.